The van der Waals surface area contributed by atoms with Crippen molar-refractivity contribution in [3.05, 3.63) is 54.6 Å². The molecule has 0 aliphatic carbocycles. The molecule has 1 heterocycles. The Hall–Kier alpha value is -3.02. The van der Waals surface area contributed by atoms with Crippen LogP contribution in [-0.4, -0.2) is 38.1 Å². The summed E-state index contributed by atoms with van der Waals surface area (Å²) in [6, 6.07) is 16.8. The lowest BCUT2D eigenvalue weighted by molar-refractivity contribution is -0.122. The number of amides is 2. The van der Waals surface area contributed by atoms with E-state index in [9.17, 15) is 9.59 Å². The molecule has 6 nitrogen and oxygen atoms in total. The van der Waals surface area contributed by atoms with Gasteiger partial charge in [0.25, 0.3) is 5.91 Å². The minimum absolute atomic E-state index is 0.00352. The number of benzene rings is 2. The maximum Gasteiger partial charge on any atom is 0.265 e. The van der Waals surface area contributed by atoms with Gasteiger partial charge in [-0.25, -0.2) is 0 Å². The van der Waals surface area contributed by atoms with Gasteiger partial charge in [0.1, 0.15) is 18.1 Å². The van der Waals surface area contributed by atoms with Crippen molar-refractivity contribution in [2.75, 3.05) is 31.2 Å². The first-order chi connectivity index (χ1) is 12.2. The van der Waals surface area contributed by atoms with Crippen LogP contribution in [0.15, 0.2) is 54.6 Å². The van der Waals surface area contributed by atoms with Crippen LogP contribution >= 0.6 is 0 Å². The van der Waals surface area contributed by atoms with Gasteiger partial charge in [0.15, 0.2) is 6.61 Å². The molecule has 0 saturated heterocycles. The van der Waals surface area contributed by atoms with Crippen molar-refractivity contribution in [2.24, 2.45) is 0 Å². The molecule has 25 heavy (non-hydrogen) atoms. The number of hydrogen-bond donors (Lipinski definition) is 1. The van der Waals surface area contributed by atoms with E-state index in [2.05, 4.69) is 5.32 Å². The first-order valence-corrected chi connectivity index (χ1v) is 8.21. The molecule has 2 aromatic rings. The highest BCUT2D eigenvalue weighted by Gasteiger charge is 2.25. The zero-order valence-corrected chi connectivity index (χ0v) is 13.8. The summed E-state index contributed by atoms with van der Waals surface area (Å²) in [7, 11) is 0. The summed E-state index contributed by atoms with van der Waals surface area (Å²) in [4.78, 5) is 25.6. The van der Waals surface area contributed by atoms with E-state index in [0.717, 1.165) is 5.75 Å². The molecular formula is C19H20N2O4. The van der Waals surface area contributed by atoms with E-state index in [1.165, 1.54) is 0 Å². The first kappa shape index (κ1) is 16.8. The maximum atomic E-state index is 12.0. The summed E-state index contributed by atoms with van der Waals surface area (Å²) < 4.78 is 10.9. The molecule has 6 heteroatoms. The van der Waals surface area contributed by atoms with Gasteiger partial charge in [0.05, 0.1) is 12.2 Å². The molecule has 0 bridgehead atoms. The number of para-hydroxylation sites is 3. The molecule has 0 spiro atoms. The molecule has 0 aromatic heterocycles. The molecule has 1 N–H and O–H groups in total. The lowest BCUT2D eigenvalue weighted by atomic mass is 10.2. The number of nitrogens with zero attached hydrogens (tertiary/aromatic N) is 1. The van der Waals surface area contributed by atoms with Gasteiger partial charge in [-0.3, -0.25) is 9.59 Å². The molecule has 130 valence electrons. The predicted octanol–water partition coefficient (Wildman–Crippen LogP) is 2.00. The third kappa shape index (κ3) is 4.50. The number of nitrogens with one attached hydrogen (secondary N) is 1. The SMILES string of the molecule is O=C(CCN1C(=O)COc2ccccc21)NCCOc1ccccc1. The Morgan fingerprint density at radius 1 is 1.12 bits per heavy atom. The van der Waals surface area contributed by atoms with Gasteiger partial charge in [-0.15, -0.1) is 0 Å². The largest absolute Gasteiger partial charge is 0.492 e. The van der Waals surface area contributed by atoms with E-state index >= 15 is 0 Å². The van der Waals surface area contributed by atoms with E-state index in [0.29, 0.717) is 31.1 Å². The molecule has 0 fully saturated rings. The van der Waals surface area contributed by atoms with E-state index < -0.39 is 0 Å². The fraction of sp³-hybridized carbons (Fsp3) is 0.263. The number of hydrogen-bond acceptors (Lipinski definition) is 4. The topological polar surface area (TPSA) is 67.9 Å². The van der Waals surface area contributed by atoms with Gasteiger partial charge in [-0.05, 0) is 24.3 Å². The minimum Gasteiger partial charge on any atom is -0.492 e. The fourth-order valence-electron chi connectivity index (χ4n) is 2.58. The van der Waals surface area contributed by atoms with Crippen LogP contribution < -0.4 is 19.7 Å². The Labute approximate surface area is 146 Å². The second-order valence-corrected chi connectivity index (χ2v) is 5.56. The van der Waals surface area contributed by atoms with Gasteiger partial charge in [-0.2, -0.15) is 0 Å². The molecule has 1 aliphatic heterocycles. The van der Waals surface area contributed by atoms with Gasteiger partial charge in [0, 0.05) is 13.0 Å². The van der Waals surface area contributed by atoms with Crippen LogP contribution in [0.5, 0.6) is 11.5 Å². The number of ether oxygens (including phenoxy) is 2. The Morgan fingerprint density at radius 2 is 1.88 bits per heavy atom. The summed E-state index contributed by atoms with van der Waals surface area (Å²) in [6.45, 7) is 1.14. The van der Waals surface area contributed by atoms with Crippen LogP contribution in [0, 0.1) is 0 Å². The molecule has 0 atom stereocenters. The molecule has 1 aliphatic rings. The van der Waals surface area contributed by atoms with Crippen molar-refractivity contribution in [1.82, 2.24) is 5.32 Å². The van der Waals surface area contributed by atoms with Crippen molar-refractivity contribution < 1.29 is 19.1 Å². The van der Waals surface area contributed by atoms with Crippen LogP contribution in [0.4, 0.5) is 5.69 Å². The zero-order valence-electron chi connectivity index (χ0n) is 13.8. The fourth-order valence-corrected chi connectivity index (χ4v) is 2.58. The zero-order chi connectivity index (χ0) is 17.5. The van der Waals surface area contributed by atoms with Crippen molar-refractivity contribution in [1.29, 1.82) is 0 Å². The smallest absolute Gasteiger partial charge is 0.265 e. The molecule has 0 unspecified atom stereocenters. The van der Waals surface area contributed by atoms with Crippen LogP contribution in [0.1, 0.15) is 6.42 Å². The van der Waals surface area contributed by atoms with Gasteiger partial charge >= 0.3 is 0 Å². The molecular weight excluding hydrogens is 320 g/mol. The minimum atomic E-state index is -0.140. The second-order valence-electron chi connectivity index (χ2n) is 5.56. The van der Waals surface area contributed by atoms with Crippen LogP contribution in [0.25, 0.3) is 0 Å². The van der Waals surface area contributed by atoms with E-state index in [-0.39, 0.29) is 24.8 Å². The molecule has 2 aromatic carbocycles. The lowest BCUT2D eigenvalue weighted by Gasteiger charge is -2.29. The third-order valence-electron chi connectivity index (χ3n) is 3.81. The Bertz CT molecular complexity index is 733. The number of carbonyl (C=O) groups excluding carboxylic acids is 2. The molecule has 2 amide bonds. The summed E-state index contributed by atoms with van der Waals surface area (Å²) in [5.41, 5.74) is 0.707. The third-order valence-corrected chi connectivity index (χ3v) is 3.81. The number of carbonyl (C=O) groups is 2. The number of anilines is 1. The number of fused-ring (bicyclic) bond motifs is 1. The summed E-state index contributed by atoms with van der Waals surface area (Å²) in [6.07, 6.45) is 0.228. The lowest BCUT2D eigenvalue weighted by Crippen LogP contribution is -2.41. The highest BCUT2D eigenvalue weighted by molar-refractivity contribution is 5.98. The van der Waals surface area contributed by atoms with Gasteiger partial charge < -0.3 is 19.7 Å². The van der Waals surface area contributed by atoms with Crippen LogP contribution in [-0.2, 0) is 9.59 Å². The average molecular weight is 340 g/mol. The average Bonchev–Trinajstić information content (AvgIpc) is 2.65. The number of rotatable bonds is 7. The normalized spacial score (nSPS) is 13.0. The highest BCUT2D eigenvalue weighted by atomic mass is 16.5. The Morgan fingerprint density at radius 3 is 2.72 bits per heavy atom. The van der Waals surface area contributed by atoms with Crippen molar-refractivity contribution in [3.63, 3.8) is 0 Å². The van der Waals surface area contributed by atoms with Crippen LogP contribution in [0.2, 0.25) is 0 Å². The first-order valence-electron chi connectivity index (χ1n) is 8.21. The maximum absolute atomic E-state index is 12.0. The summed E-state index contributed by atoms with van der Waals surface area (Å²) in [5, 5.41) is 2.80. The Kier molecular flexibility index (Phi) is 5.51. The monoisotopic (exact) mass is 340 g/mol. The van der Waals surface area contributed by atoms with Gasteiger partial charge in [0.2, 0.25) is 5.91 Å². The van der Waals surface area contributed by atoms with E-state index in [1.54, 1.807) is 4.90 Å². The standard InChI is InChI=1S/C19H20N2O4/c22-18(20-11-13-24-15-6-2-1-3-7-15)10-12-21-16-8-4-5-9-17(16)25-14-19(21)23/h1-9H,10-14H2,(H,20,22). The van der Waals surface area contributed by atoms with E-state index in [1.807, 2.05) is 54.6 Å². The van der Waals surface area contributed by atoms with Crippen molar-refractivity contribution >= 4 is 17.5 Å². The quantitative estimate of drug-likeness (QED) is 0.783. The van der Waals surface area contributed by atoms with Gasteiger partial charge in [-0.1, -0.05) is 30.3 Å². The van der Waals surface area contributed by atoms with Crippen LogP contribution in [0.3, 0.4) is 0 Å². The predicted molar refractivity (Wildman–Crippen MR) is 93.9 cm³/mol. The second kappa shape index (κ2) is 8.19. The molecule has 0 saturated carbocycles. The van der Waals surface area contributed by atoms with E-state index in [4.69, 9.17) is 9.47 Å². The summed E-state index contributed by atoms with van der Waals surface area (Å²) in [5.74, 6) is 1.18. The van der Waals surface area contributed by atoms with Crippen molar-refractivity contribution in [3.8, 4) is 11.5 Å². The van der Waals surface area contributed by atoms with Crippen molar-refractivity contribution in [2.45, 2.75) is 6.42 Å². The highest BCUT2D eigenvalue weighted by Crippen LogP contribution is 2.31. The Balaban J connectivity index is 1.42. The molecule has 3 rings (SSSR count). The summed E-state index contributed by atoms with van der Waals surface area (Å²) >= 11 is 0. The molecule has 0 radical (unpaired) electrons.